The van der Waals surface area contributed by atoms with Crippen molar-refractivity contribution in [3.05, 3.63) is 99.5 Å². The summed E-state index contributed by atoms with van der Waals surface area (Å²) in [4.78, 5) is 27.9. The number of rotatable bonds is 9. The van der Waals surface area contributed by atoms with Crippen molar-refractivity contribution in [2.24, 2.45) is 0 Å². The molecule has 0 bridgehead atoms. The van der Waals surface area contributed by atoms with Crippen molar-refractivity contribution in [2.75, 3.05) is 13.7 Å². The normalized spacial score (nSPS) is 11.5. The van der Waals surface area contributed by atoms with E-state index < -0.39 is 6.04 Å². The highest BCUT2D eigenvalue weighted by atomic mass is 79.9. The van der Waals surface area contributed by atoms with Crippen LogP contribution in [0.3, 0.4) is 0 Å². The van der Waals surface area contributed by atoms with Gasteiger partial charge in [-0.2, -0.15) is 0 Å². The summed E-state index contributed by atoms with van der Waals surface area (Å²) in [7, 11) is 1.59. The lowest BCUT2D eigenvalue weighted by Crippen LogP contribution is -2.51. The van der Waals surface area contributed by atoms with Crippen LogP contribution in [0.2, 0.25) is 0 Å². The first-order valence-corrected chi connectivity index (χ1v) is 11.7. The number of carbonyl (C=O) groups excluding carboxylic acids is 2. The Labute approximate surface area is 203 Å². The standard InChI is InChI=1S/C27H29BrN2O3/c1-19-9-14-24(15-20(19)2)33-18-26(31)30(17-22-10-12-23(28)13-11-22)25(27(32)29-3)16-21-7-5-4-6-8-21/h4-15,25H,16-18H2,1-3H3,(H,29,32)/t25-/m0/s1. The Morgan fingerprint density at radius 1 is 0.939 bits per heavy atom. The van der Waals surface area contributed by atoms with Crippen molar-refractivity contribution in [3.63, 3.8) is 0 Å². The number of nitrogens with zero attached hydrogens (tertiary/aromatic N) is 1. The fourth-order valence-electron chi connectivity index (χ4n) is 3.54. The third-order valence-corrected chi connectivity index (χ3v) is 6.15. The van der Waals surface area contributed by atoms with E-state index in [1.807, 2.05) is 86.6 Å². The Bertz CT molecular complexity index is 1080. The molecule has 0 saturated carbocycles. The number of amides is 2. The van der Waals surface area contributed by atoms with Crippen molar-refractivity contribution < 1.29 is 14.3 Å². The molecule has 3 aromatic carbocycles. The van der Waals surface area contributed by atoms with Crippen LogP contribution in [-0.4, -0.2) is 36.4 Å². The summed E-state index contributed by atoms with van der Waals surface area (Å²) in [5, 5.41) is 2.72. The molecule has 0 spiro atoms. The van der Waals surface area contributed by atoms with Gasteiger partial charge in [-0.05, 0) is 60.4 Å². The summed E-state index contributed by atoms with van der Waals surface area (Å²) in [5.41, 5.74) is 4.17. The predicted octanol–water partition coefficient (Wildman–Crippen LogP) is 4.83. The summed E-state index contributed by atoms with van der Waals surface area (Å²) >= 11 is 3.45. The minimum absolute atomic E-state index is 0.151. The van der Waals surface area contributed by atoms with Gasteiger partial charge in [0, 0.05) is 24.5 Å². The summed E-state index contributed by atoms with van der Waals surface area (Å²) in [6.07, 6.45) is 0.409. The Balaban J connectivity index is 1.86. The van der Waals surface area contributed by atoms with Crippen LogP contribution in [0.15, 0.2) is 77.3 Å². The zero-order chi connectivity index (χ0) is 23.8. The van der Waals surface area contributed by atoms with Crippen LogP contribution in [0, 0.1) is 13.8 Å². The molecule has 2 amide bonds. The third kappa shape index (κ3) is 6.93. The van der Waals surface area contributed by atoms with Gasteiger partial charge >= 0.3 is 0 Å². The molecule has 0 radical (unpaired) electrons. The first-order chi connectivity index (χ1) is 15.9. The molecule has 33 heavy (non-hydrogen) atoms. The fourth-order valence-corrected chi connectivity index (χ4v) is 3.80. The molecular formula is C27H29BrN2O3. The summed E-state index contributed by atoms with van der Waals surface area (Å²) in [6, 6.07) is 22.5. The highest BCUT2D eigenvalue weighted by Crippen LogP contribution is 2.19. The van der Waals surface area contributed by atoms with Crippen LogP contribution in [-0.2, 0) is 22.6 Å². The summed E-state index contributed by atoms with van der Waals surface area (Å²) < 4.78 is 6.78. The maximum Gasteiger partial charge on any atom is 0.261 e. The minimum Gasteiger partial charge on any atom is -0.484 e. The van der Waals surface area contributed by atoms with Crippen molar-refractivity contribution >= 4 is 27.7 Å². The molecule has 0 heterocycles. The van der Waals surface area contributed by atoms with E-state index in [4.69, 9.17) is 4.74 Å². The maximum atomic E-state index is 13.4. The Morgan fingerprint density at radius 2 is 1.64 bits per heavy atom. The number of benzene rings is 3. The molecule has 0 unspecified atom stereocenters. The monoisotopic (exact) mass is 508 g/mol. The predicted molar refractivity (Wildman–Crippen MR) is 134 cm³/mol. The van der Waals surface area contributed by atoms with E-state index in [-0.39, 0.29) is 18.4 Å². The zero-order valence-electron chi connectivity index (χ0n) is 19.2. The van der Waals surface area contributed by atoms with E-state index in [1.165, 1.54) is 0 Å². The first-order valence-electron chi connectivity index (χ1n) is 10.9. The number of hydrogen-bond acceptors (Lipinski definition) is 3. The topological polar surface area (TPSA) is 58.6 Å². The number of likely N-dealkylation sites (N-methyl/N-ethyl adjacent to an activating group) is 1. The average molecular weight is 509 g/mol. The van der Waals surface area contributed by atoms with Gasteiger partial charge in [-0.25, -0.2) is 0 Å². The minimum atomic E-state index is -0.670. The molecule has 0 aliphatic heterocycles. The van der Waals surface area contributed by atoms with Crippen LogP contribution < -0.4 is 10.1 Å². The largest absolute Gasteiger partial charge is 0.484 e. The Morgan fingerprint density at radius 3 is 2.27 bits per heavy atom. The quantitative estimate of drug-likeness (QED) is 0.450. The lowest BCUT2D eigenvalue weighted by molar-refractivity contribution is -0.142. The van der Waals surface area contributed by atoms with Gasteiger partial charge in [-0.15, -0.1) is 0 Å². The highest BCUT2D eigenvalue weighted by Gasteiger charge is 2.30. The van der Waals surface area contributed by atoms with Crippen LogP contribution in [0.1, 0.15) is 22.3 Å². The van der Waals surface area contributed by atoms with Crippen LogP contribution in [0.25, 0.3) is 0 Å². The second kappa shape index (κ2) is 11.7. The average Bonchev–Trinajstić information content (AvgIpc) is 2.83. The molecule has 3 aromatic rings. The smallest absolute Gasteiger partial charge is 0.261 e. The number of nitrogens with one attached hydrogen (secondary N) is 1. The van der Waals surface area contributed by atoms with Gasteiger partial charge in [-0.1, -0.05) is 64.5 Å². The molecule has 3 rings (SSSR count). The van der Waals surface area contributed by atoms with Gasteiger partial charge in [0.1, 0.15) is 11.8 Å². The van der Waals surface area contributed by atoms with Crippen molar-refractivity contribution in [1.29, 1.82) is 0 Å². The second-order valence-electron chi connectivity index (χ2n) is 8.00. The molecule has 0 fully saturated rings. The SMILES string of the molecule is CNC(=O)[C@H](Cc1ccccc1)N(Cc1ccc(Br)cc1)C(=O)COc1ccc(C)c(C)c1. The maximum absolute atomic E-state index is 13.4. The molecule has 6 heteroatoms. The molecule has 1 N–H and O–H groups in total. The van der Waals surface area contributed by atoms with E-state index in [9.17, 15) is 9.59 Å². The molecule has 172 valence electrons. The van der Waals surface area contributed by atoms with Crippen molar-refractivity contribution in [1.82, 2.24) is 10.2 Å². The fraction of sp³-hybridized carbons (Fsp3) is 0.259. The van der Waals surface area contributed by atoms with Crippen molar-refractivity contribution in [3.8, 4) is 5.75 Å². The van der Waals surface area contributed by atoms with Crippen LogP contribution in [0.4, 0.5) is 0 Å². The van der Waals surface area contributed by atoms with Gasteiger partial charge in [0.15, 0.2) is 6.61 Å². The van der Waals surface area contributed by atoms with Gasteiger partial charge in [0.2, 0.25) is 5.91 Å². The van der Waals surface area contributed by atoms with E-state index in [0.29, 0.717) is 18.7 Å². The van der Waals surface area contributed by atoms with E-state index in [1.54, 1.807) is 11.9 Å². The molecular weight excluding hydrogens is 480 g/mol. The number of carbonyl (C=O) groups is 2. The lowest BCUT2D eigenvalue weighted by atomic mass is 10.0. The van der Waals surface area contributed by atoms with E-state index in [2.05, 4.69) is 21.2 Å². The molecule has 0 aliphatic carbocycles. The van der Waals surface area contributed by atoms with Crippen LogP contribution >= 0.6 is 15.9 Å². The molecule has 0 saturated heterocycles. The van der Waals surface area contributed by atoms with E-state index >= 15 is 0 Å². The van der Waals surface area contributed by atoms with Crippen molar-refractivity contribution in [2.45, 2.75) is 32.9 Å². The first kappa shape index (κ1) is 24.5. The highest BCUT2D eigenvalue weighted by molar-refractivity contribution is 9.10. The molecule has 0 aliphatic rings. The summed E-state index contributed by atoms with van der Waals surface area (Å²) in [5.74, 6) is 0.172. The second-order valence-corrected chi connectivity index (χ2v) is 8.92. The lowest BCUT2D eigenvalue weighted by Gasteiger charge is -2.31. The van der Waals surface area contributed by atoms with Gasteiger partial charge in [0.25, 0.3) is 5.91 Å². The van der Waals surface area contributed by atoms with Gasteiger partial charge in [0.05, 0.1) is 0 Å². The third-order valence-electron chi connectivity index (χ3n) is 5.62. The van der Waals surface area contributed by atoms with E-state index in [0.717, 1.165) is 26.7 Å². The number of ether oxygens (including phenoxy) is 1. The molecule has 5 nitrogen and oxygen atoms in total. The number of halogens is 1. The van der Waals surface area contributed by atoms with Gasteiger partial charge < -0.3 is 15.0 Å². The molecule has 1 atom stereocenters. The number of aryl methyl sites for hydroxylation is 2. The Hall–Kier alpha value is -3.12. The molecule has 0 aromatic heterocycles. The Kier molecular flexibility index (Phi) is 8.66. The van der Waals surface area contributed by atoms with Gasteiger partial charge in [-0.3, -0.25) is 9.59 Å². The zero-order valence-corrected chi connectivity index (χ0v) is 20.8. The number of hydrogen-bond donors (Lipinski definition) is 1. The summed E-state index contributed by atoms with van der Waals surface area (Å²) in [6.45, 7) is 4.18. The van der Waals surface area contributed by atoms with Crippen LogP contribution in [0.5, 0.6) is 5.75 Å².